The molecule has 2 N–H and O–H groups in total. The fourth-order valence-electron chi connectivity index (χ4n) is 4.16. The lowest BCUT2D eigenvalue weighted by atomic mass is 9.97. The van der Waals surface area contributed by atoms with Crippen LogP contribution in [0, 0.1) is 5.92 Å². The number of piperazine rings is 1. The summed E-state index contributed by atoms with van der Waals surface area (Å²) in [7, 11) is 2.15. The maximum atomic E-state index is 12.8. The molecule has 2 aliphatic rings. The lowest BCUT2D eigenvalue weighted by molar-refractivity contribution is -0.121. The quantitative estimate of drug-likeness (QED) is 0.795. The number of benzene rings is 2. The Labute approximate surface area is 184 Å². The van der Waals surface area contributed by atoms with Crippen molar-refractivity contribution in [3.8, 4) is 0 Å². The van der Waals surface area contributed by atoms with Gasteiger partial charge in [-0.2, -0.15) is 0 Å². The number of hydrogen-bond donors (Lipinski definition) is 2. The van der Waals surface area contributed by atoms with Crippen molar-refractivity contribution >= 4 is 29.0 Å². The van der Waals surface area contributed by atoms with Crippen LogP contribution in [0.1, 0.15) is 12.8 Å². The van der Waals surface area contributed by atoms with Gasteiger partial charge in [-0.15, -0.1) is 0 Å². The maximum Gasteiger partial charge on any atom is 0.321 e. The topological polar surface area (TPSA) is 67.9 Å². The highest BCUT2D eigenvalue weighted by Gasteiger charge is 2.28. The first-order valence-electron chi connectivity index (χ1n) is 11.0. The van der Waals surface area contributed by atoms with Crippen LogP contribution in [0.15, 0.2) is 54.6 Å². The molecule has 2 aliphatic heterocycles. The number of carbonyl (C=O) groups excluding carboxylic acids is 2. The number of para-hydroxylation sites is 1. The molecular weight excluding hydrogens is 390 g/mol. The van der Waals surface area contributed by atoms with Crippen LogP contribution >= 0.6 is 0 Å². The molecule has 3 amide bonds. The fraction of sp³-hybridized carbons (Fsp3) is 0.417. The summed E-state index contributed by atoms with van der Waals surface area (Å²) in [6.45, 7) is 5.27. The van der Waals surface area contributed by atoms with Crippen LogP contribution in [0.5, 0.6) is 0 Å². The Hall–Kier alpha value is -3.06. The Balaban J connectivity index is 1.30. The summed E-state index contributed by atoms with van der Waals surface area (Å²) in [5, 5.41) is 5.94. The van der Waals surface area contributed by atoms with Crippen LogP contribution in [0.25, 0.3) is 0 Å². The number of nitrogens with zero attached hydrogens (tertiary/aromatic N) is 3. The highest BCUT2D eigenvalue weighted by Crippen LogP contribution is 2.22. The van der Waals surface area contributed by atoms with Gasteiger partial charge in [-0.05, 0) is 56.3 Å². The molecule has 0 saturated carbocycles. The van der Waals surface area contributed by atoms with E-state index in [0.717, 1.165) is 50.4 Å². The van der Waals surface area contributed by atoms with Gasteiger partial charge in [-0.3, -0.25) is 4.79 Å². The number of hydrogen-bond acceptors (Lipinski definition) is 4. The van der Waals surface area contributed by atoms with E-state index >= 15 is 0 Å². The van der Waals surface area contributed by atoms with E-state index in [9.17, 15) is 9.59 Å². The molecule has 7 heteroatoms. The minimum atomic E-state index is -0.201. The van der Waals surface area contributed by atoms with Crippen LogP contribution in [0.3, 0.4) is 0 Å². The van der Waals surface area contributed by atoms with Crippen molar-refractivity contribution in [2.45, 2.75) is 12.8 Å². The molecule has 0 aromatic heterocycles. The second kappa shape index (κ2) is 9.83. The zero-order chi connectivity index (χ0) is 21.6. The third-order valence-corrected chi connectivity index (χ3v) is 6.11. The first-order chi connectivity index (χ1) is 15.1. The molecule has 2 saturated heterocycles. The molecule has 31 heavy (non-hydrogen) atoms. The van der Waals surface area contributed by atoms with Gasteiger partial charge in [0.05, 0.1) is 5.92 Å². The smallest absolute Gasteiger partial charge is 0.321 e. The molecule has 2 aromatic rings. The summed E-state index contributed by atoms with van der Waals surface area (Å²) < 4.78 is 0. The van der Waals surface area contributed by atoms with Gasteiger partial charge in [0, 0.05) is 56.3 Å². The summed E-state index contributed by atoms with van der Waals surface area (Å²) in [6, 6.07) is 17.3. The SMILES string of the molecule is CN1CCN(c2ccc(NC(=O)C3CCCN(C(=O)Nc4ccccc4)C3)cc2)CC1. The second-order valence-corrected chi connectivity index (χ2v) is 8.41. The first-order valence-corrected chi connectivity index (χ1v) is 11.0. The van der Waals surface area contributed by atoms with Crippen molar-refractivity contribution in [3.63, 3.8) is 0 Å². The molecule has 164 valence electrons. The Morgan fingerprint density at radius 3 is 2.23 bits per heavy atom. The molecule has 0 aliphatic carbocycles. The minimum absolute atomic E-state index is 0.0236. The predicted molar refractivity (Wildman–Crippen MR) is 125 cm³/mol. The minimum Gasteiger partial charge on any atom is -0.369 e. The second-order valence-electron chi connectivity index (χ2n) is 8.41. The van der Waals surface area contributed by atoms with Crippen LogP contribution < -0.4 is 15.5 Å². The van der Waals surface area contributed by atoms with Gasteiger partial charge in [-0.1, -0.05) is 18.2 Å². The molecule has 0 radical (unpaired) electrons. The van der Waals surface area contributed by atoms with E-state index in [-0.39, 0.29) is 17.9 Å². The molecular formula is C24H31N5O2. The van der Waals surface area contributed by atoms with Gasteiger partial charge >= 0.3 is 6.03 Å². The molecule has 7 nitrogen and oxygen atoms in total. The summed E-state index contributed by atoms with van der Waals surface area (Å²) in [5.41, 5.74) is 2.75. The molecule has 2 heterocycles. The number of nitrogens with one attached hydrogen (secondary N) is 2. The predicted octanol–water partition coefficient (Wildman–Crippen LogP) is 3.32. The summed E-state index contributed by atoms with van der Waals surface area (Å²) in [5.74, 6) is -0.225. The standard InChI is InChI=1S/C24H31N5O2/c1-27-14-16-28(17-15-27)22-11-9-21(10-12-22)25-23(30)19-6-5-13-29(18-19)24(31)26-20-7-3-2-4-8-20/h2-4,7-12,19H,5-6,13-18H2,1H3,(H,25,30)(H,26,31). The number of anilines is 3. The molecule has 2 aromatic carbocycles. The monoisotopic (exact) mass is 421 g/mol. The van der Waals surface area contributed by atoms with E-state index in [0.29, 0.717) is 13.1 Å². The molecule has 2 fully saturated rings. The molecule has 1 unspecified atom stereocenters. The summed E-state index contributed by atoms with van der Waals surface area (Å²) >= 11 is 0. The Morgan fingerprint density at radius 1 is 0.839 bits per heavy atom. The van der Waals surface area contributed by atoms with E-state index in [1.807, 2.05) is 42.5 Å². The highest BCUT2D eigenvalue weighted by atomic mass is 16.2. The van der Waals surface area contributed by atoms with Gasteiger partial charge in [0.1, 0.15) is 0 Å². The van der Waals surface area contributed by atoms with Crippen LogP contribution in [-0.4, -0.2) is 68.1 Å². The van der Waals surface area contributed by atoms with E-state index in [2.05, 4.69) is 39.6 Å². The van der Waals surface area contributed by atoms with Gasteiger partial charge in [0.25, 0.3) is 0 Å². The van der Waals surface area contributed by atoms with E-state index in [1.165, 1.54) is 5.69 Å². The van der Waals surface area contributed by atoms with E-state index in [4.69, 9.17) is 0 Å². The molecule has 1 atom stereocenters. The fourth-order valence-corrected chi connectivity index (χ4v) is 4.16. The largest absolute Gasteiger partial charge is 0.369 e. The average molecular weight is 422 g/mol. The zero-order valence-electron chi connectivity index (χ0n) is 18.1. The summed E-state index contributed by atoms with van der Waals surface area (Å²) in [6.07, 6.45) is 1.61. The normalized spacial score (nSPS) is 19.7. The number of carbonyl (C=O) groups is 2. The van der Waals surface area contributed by atoms with Crippen LogP contribution in [0.4, 0.5) is 21.9 Å². The van der Waals surface area contributed by atoms with Crippen LogP contribution in [-0.2, 0) is 4.79 Å². The number of amides is 3. The zero-order valence-corrected chi connectivity index (χ0v) is 18.1. The number of likely N-dealkylation sites (tertiary alicyclic amines) is 1. The third-order valence-electron chi connectivity index (χ3n) is 6.11. The Kier molecular flexibility index (Phi) is 6.72. The van der Waals surface area contributed by atoms with Crippen molar-refractivity contribution in [3.05, 3.63) is 54.6 Å². The molecule has 0 spiro atoms. The lowest BCUT2D eigenvalue weighted by Gasteiger charge is -2.34. The Morgan fingerprint density at radius 2 is 1.52 bits per heavy atom. The van der Waals surface area contributed by atoms with E-state index < -0.39 is 0 Å². The number of urea groups is 1. The highest BCUT2D eigenvalue weighted by molar-refractivity contribution is 5.94. The van der Waals surface area contributed by atoms with Crippen molar-refractivity contribution < 1.29 is 9.59 Å². The van der Waals surface area contributed by atoms with Crippen molar-refractivity contribution in [2.75, 3.05) is 61.8 Å². The van der Waals surface area contributed by atoms with Crippen LogP contribution in [0.2, 0.25) is 0 Å². The van der Waals surface area contributed by atoms with Gasteiger partial charge in [0.2, 0.25) is 5.91 Å². The van der Waals surface area contributed by atoms with E-state index in [1.54, 1.807) is 4.90 Å². The summed E-state index contributed by atoms with van der Waals surface area (Å²) in [4.78, 5) is 31.8. The number of rotatable bonds is 4. The lowest BCUT2D eigenvalue weighted by Crippen LogP contribution is -2.45. The Bertz CT molecular complexity index is 879. The number of likely N-dealkylation sites (N-methyl/N-ethyl adjacent to an activating group) is 1. The van der Waals surface area contributed by atoms with Gasteiger partial charge in [0.15, 0.2) is 0 Å². The van der Waals surface area contributed by atoms with Crippen molar-refractivity contribution in [1.29, 1.82) is 0 Å². The molecule has 4 rings (SSSR count). The maximum absolute atomic E-state index is 12.8. The van der Waals surface area contributed by atoms with Crippen molar-refractivity contribution in [1.82, 2.24) is 9.80 Å². The molecule has 0 bridgehead atoms. The van der Waals surface area contributed by atoms with Crippen molar-refractivity contribution in [2.24, 2.45) is 5.92 Å². The average Bonchev–Trinajstić information content (AvgIpc) is 2.81. The van der Waals surface area contributed by atoms with Gasteiger partial charge in [-0.25, -0.2) is 4.79 Å². The first kappa shape index (κ1) is 21.2. The number of piperidine rings is 1. The van der Waals surface area contributed by atoms with Gasteiger partial charge < -0.3 is 25.3 Å². The third kappa shape index (κ3) is 5.55.